The zero-order valence-corrected chi connectivity index (χ0v) is 19.0. The Labute approximate surface area is 189 Å². The molecule has 0 saturated carbocycles. The number of nitrogens with one attached hydrogen (secondary N) is 2. The van der Waals surface area contributed by atoms with E-state index in [1.807, 2.05) is 37.3 Å². The van der Waals surface area contributed by atoms with E-state index in [1.165, 1.54) is 10.4 Å². The largest absolute Gasteiger partial charge is 0.352 e. The number of carbonyl (C=O) groups is 2. The van der Waals surface area contributed by atoms with Crippen molar-refractivity contribution in [3.05, 3.63) is 78.4 Å². The highest BCUT2D eigenvalue weighted by molar-refractivity contribution is 7.89. The van der Waals surface area contributed by atoms with E-state index in [2.05, 4.69) is 17.2 Å². The molecule has 0 spiro atoms. The Hall–Kier alpha value is -2.97. The highest BCUT2D eigenvalue weighted by Crippen LogP contribution is 2.25. The number of benzene rings is 2. The third-order valence-corrected chi connectivity index (χ3v) is 7.60. The summed E-state index contributed by atoms with van der Waals surface area (Å²) in [6, 6.07) is 15.8. The van der Waals surface area contributed by atoms with Crippen LogP contribution in [0.15, 0.2) is 72.1 Å². The van der Waals surface area contributed by atoms with Crippen LogP contribution >= 0.6 is 0 Å². The normalized spacial score (nSPS) is 19.2. The zero-order valence-electron chi connectivity index (χ0n) is 18.2. The van der Waals surface area contributed by atoms with E-state index in [4.69, 9.17) is 0 Å². The molecule has 32 heavy (non-hydrogen) atoms. The summed E-state index contributed by atoms with van der Waals surface area (Å²) < 4.78 is 27.7. The topological polar surface area (TPSA) is 95.6 Å². The highest BCUT2D eigenvalue weighted by Gasteiger charge is 2.34. The number of hydrogen-bond donors (Lipinski definition) is 2. The Morgan fingerprint density at radius 3 is 2.41 bits per heavy atom. The van der Waals surface area contributed by atoms with Crippen LogP contribution in [-0.2, 0) is 32.6 Å². The summed E-state index contributed by atoms with van der Waals surface area (Å²) in [7, 11) is -3.66. The Bertz CT molecular complexity index is 1050. The average Bonchev–Trinajstić information content (AvgIpc) is 2.78. The van der Waals surface area contributed by atoms with Crippen molar-refractivity contribution in [3.63, 3.8) is 0 Å². The van der Waals surface area contributed by atoms with E-state index in [1.54, 1.807) is 24.3 Å². The molecule has 170 valence electrons. The summed E-state index contributed by atoms with van der Waals surface area (Å²) in [6.45, 7) is 6.07. The summed E-state index contributed by atoms with van der Waals surface area (Å²) in [6.07, 6.45) is 2.48. The molecule has 1 aliphatic rings. The van der Waals surface area contributed by atoms with Crippen LogP contribution in [0.4, 0.5) is 0 Å². The molecule has 0 radical (unpaired) electrons. The van der Waals surface area contributed by atoms with Gasteiger partial charge in [-0.25, -0.2) is 8.42 Å². The molecule has 2 atom stereocenters. The van der Waals surface area contributed by atoms with E-state index in [9.17, 15) is 18.0 Å². The molecule has 0 bridgehead atoms. The first-order valence-corrected chi connectivity index (χ1v) is 12.1. The Morgan fingerprint density at radius 2 is 1.78 bits per heavy atom. The van der Waals surface area contributed by atoms with Crippen LogP contribution in [-0.4, -0.2) is 43.2 Å². The van der Waals surface area contributed by atoms with E-state index < -0.39 is 10.0 Å². The average molecular weight is 456 g/mol. The molecule has 2 aromatic rings. The van der Waals surface area contributed by atoms with Gasteiger partial charge in [-0.1, -0.05) is 49.0 Å². The molecule has 8 heteroatoms. The fourth-order valence-electron chi connectivity index (χ4n) is 3.86. The maximum atomic E-state index is 13.1. The number of rotatable bonds is 8. The molecule has 2 amide bonds. The summed E-state index contributed by atoms with van der Waals surface area (Å²) in [5.41, 5.74) is 1.76. The van der Waals surface area contributed by atoms with Crippen molar-refractivity contribution in [1.82, 2.24) is 14.9 Å². The quantitative estimate of drug-likeness (QED) is 0.598. The first kappa shape index (κ1) is 23.7. The number of hydrogen-bond acceptors (Lipinski definition) is 4. The smallest absolute Gasteiger partial charge is 0.243 e. The molecule has 2 unspecified atom stereocenters. The Kier molecular flexibility index (Phi) is 7.82. The second-order valence-corrected chi connectivity index (χ2v) is 9.87. The number of piperidine rings is 1. The van der Waals surface area contributed by atoms with Crippen LogP contribution in [0.2, 0.25) is 0 Å². The molecule has 0 aliphatic carbocycles. The molecule has 3 rings (SSSR count). The van der Waals surface area contributed by atoms with E-state index in [0.29, 0.717) is 25.9 Å². The minimum absolute atomic E-state index is 0.0706. The molecule has 2 N–H and O–H groups in total. The van der Waals surface area contributed by atoms with Crippen molar-refractivity contribution in [2.45, 2.75) is 49.7 Å². The van der Waals surface area contributed by atoms with Gasteiger partial charge in [-0.2, -0.15) is 4.31 Å². The van der Waals surface area contributed by atoms with Gasteiger partial charge in [-0.05, 0) is 49.1 Å². The van der Waals surface area contributed by atoms with Crippen molar-refractivity contribution in [1.29, 1.82) is 0 Å². The third kappa shape index (κ3) is 6.05. The van der Waals surface area contributed by atoms with Crippen molar-refractivity contribution in [2.24, 2.45) is 0 Å². The summed E-state index contributed by atoms with van der Waals surface area (Å²) in [4.78, 5) is 23.9. The second-order valence-electron chi connectivity index (χ2n) is 7.98. The monoisotopic (exact) mass is 455 g/mol. The van der Waals surface area contributed by atoms with Crippen LogP contribution < -0.4 is 10.6 Å². The van der Waals surface area contributed by atoms with Gasteiger partial charge in [0.05, 0.1) is 11.3 Å². The van der Waals surface area contributed by atoms with Crippen LogP contribution in [0.5, 0.6) is 0 Å². The molecule has 0 aromatic heterocycles. The minimum atomic E-state index is -3.66. The molecule has 1 heterocycles. The molecular formula is C24H29N3O4S. The Morgan fingerprint density at radius 1 is 1.09 bits per heavy atom. The van der Waals surface area contributed by atoms with Crippen LogP contribution in [0.1, 0.15) is 30.9 Å². The van der Waals surface area contributed by atoms with Gasteiger partial charge in [0.25, 0.3) is 0 Å². The van der Waals surface area contributed by atoms with Crippen molar-refractivity contribution in [3.8, 4) is 0 Å². The summed E-state index contributed by atoms with van der Waals surface area (Å²) >= 11 is 0. The van der Waals surface area contributed by atoms with Gasteiger partial charge < -0.3 is 10.6 Å². The first-order valence-electron chi connectivity index (χ1n) is 10.6. The highest BCUT2D eigenvalue weighted by atomic mass is 32.2. The first-order chi connectivity index (χ1) is 15.3. The van der Waals surface area contributed by atoms with E-state index in [-0.39, 0.29) is 35.2 Å². The van der Waals surface area contributed by atoms with Crippen LogP contribution in [0.25, 0.3) is 0 Å². The molecule has 1 fully saturated rings. The standard InChI is InChI=1S/C24H29N3O4S/c1-3-23(28)26-21-13-14-27(18(2)15-21)32(30,31)22-11-9-19(10-12-22)16-24(29)25-17-20-7-5-4-6-8-20/h3-12,18,21H,1,13-17H2,2H3,(H,25,29)(H,26,28). The van der Waals surface area contributed by atoms with Crippen LogP contribution in [0, 0.1) is 0 Å². The minimum Gasteiger partial charge on any atom is -0.352 e. The lowest BCUT2D eigenvalue weighted by atomic mass is 10.0. The number of sulfonamides is 1. The summed E-state index contributed by atoms with van der Waals surface area (Å²) in [5.74, 6) is -0.372. The maximum Gasteiger partial charge on any atom is 0.243 e. The van der Waals surface area contributed by atoms with Crippen molar-refractivity contribution >= 4 is 21.8 Å². The van der Waals surface area contributed by atoms with Gasteiger partial charge in [0.1, 0.15) is 0 Å². The molecule has 1 saturated heterocycles. The predicted octanol–water partition coefficient (Wildman–Crippen LogP) is 2.39. The molecular weight excluding hydrogens is 426 g/mol. The number of nitrogens with zero attached hydrogens (tertiary/aromatic N) is 1. The Balaban J connectivity index is 1.58. The van der Waals surface area contributed by atoms with Gasteiger partial charge >= 0.3 is 0 Å². The van der Waals surface area contributed by atoms with Gasteiger partial charge in [-0.3, -0.25) is 9.59 Å². The van der Waals surface area contributed by atoms with Gasteiger partial charge in [0, 0.05) is 25.2 Å². The summed E-state index contributed by atoms with van der Waals surface area (Å²) in [5, 5.41) is 5.71. The zero-order chi connectivity index (χ0) is 23.1. The van der Waals surface area contributed by atoms with Gasteiger partial charge in [0.2, 0.25) is 21.8 Å². The maximum absolute atomic E-state index is 13.1. The third-order valence-electron chi connectivity index (χ3n) is 5.57. The SMILES string of the molecule is C=CC(=O)NC1CCN(S(=O)(=O)c2ccc(CC(=O)NCc3ccccc3)cc2)C(C)C1. The molecule has 7 nitrogen and oxygen atoms in total. The number of carbonyl (C=O) groups excluding carboxylic acids is 2. The lowest BCUT2D eigenvalue weighted by Crippen LogP contribution is -2.50. The van der Waals surface area contributed by atoms with E-state index >= 15 is 0 Å². The molecule has 2 aromatic carbocycles. The fourth-order valence-corrected chi connectivity index (χ4v) is 5.51. The van der Waals surface area contributed by atoms with Crippen LogP contribution in [0.3, 0.4) is 0 Å². The molecule has 1 aliphatic heterocycles. The van der Waals surface area contributed by atoms with Gasteiger partial charge in [-0.15, -0.1) is 0 Å². The second kappa shape index (κ2) is 10.6. The lowest BCUT2D eigenvalue weighted by molar-refractivity contribution is -0.120. The van der Waals surface area contributed by atoms with Crippen molar-refractivity contribution < 1.29 is 18.0 Å². The fraction of sp³-hybridized carbons (Fsp3) is 0.333. The number of amides is 2. The lowest BCUT2D eigenvalue weighted by Gasteiger charge is -2.36. The predicted molar refractivity (Wildman–Crippen MR) is 123 cm³/mol. The van der Waals surface area contributed by atoms with Gasteiger partial charge in [0.15, 0.2) is 0 Å². The van der Waals surface area contributed by atoms with Crippen molar-refractivity contribution in [2.75, 3.05) is 6.54 Å². The van der Waals surface area contributed by atoms with E-state index in [0.717, 1.165) is 11.1 Å².